The number of carbonyl (C=O) groups excluding carboxylic acids is 1. The predicted octanol–water partition coefficient (Wildman–Crippen LogP) is 0.483. The molecule has 1 aromatic rings. The van der Waals surface area contributed by atoms with Gasteiger partial charge in [0.15, 0.2) is 0 Å². The lowest BCUT2D eigenvalue weighted by Crippen LogP contribution is -2.43. The Labute approximate surface area is 126 Å². The van der Waals surface area contributed by atoms with Gasteiger partial charge in [-0.05, 0) is 20.5 Å². The number of aromatic nitrogens is 2. The van der Waals surface area contributed by atoms with Gasteiger partial charge in [-0.25, -0.2) is 4.79 Å². The molecule has 3 N–H and O–H groups in total. The number of rotatable bonds is 8. The molecule has 7 nitrogen and oxygen atoms in total. The van der Waals surface area contributed by atoms with Gasteiger partial charge in [-0.2, -0.15) is 5.10 Å². The largest absolute Gasteiger partial charge is 0.391 e. The number of hydrogen-bond donors (Lipinski definition) is 3. The van der Waals surface area contributed by atoms with Crippen LogP contribution >= 0.6 is 0 Å². The van der Waals surface area contributed by atoms with E-state index in [1.165, 1.54) is 0 Å². The Morgan fingerprint density at radius 3 is 2.62 bits per heavy atom. The van der Waals surface area contributed by atoms with Gasteiger partial charge in [-0.3, -0.25) is 4.68 Å². The molecule has 0 spiro atoms. The second-order valence-corrected chi connectivity index (χ2v) is 5.46. The number of aryl methyl sites for hydroxylation is 1. The van der Waals surface area contributed by atoms with Gasteiger partial charge in [0.1, 0.15) is 0 Å². The first-order valence-corrected chi connectivity index (χ1v) is 7.28. The van der Waals surface area contributed by atoms with E-state index in [2.05, 4.69) is 15.7 Å². The van der Waals surface area contributed by atoms with Crippen molar-refractivity contribution < 1.29 is 9.90 Å². The van der Waals surface area contributed by atoms with Crippen molar-refractivity contribution in [1.29, 1.82) is 0 Å². The fraction of sp³-hybridized carbons (Fsp3) is 0.714. The fourth-order valence-corrected chi connectivity index (χ4v) is 2.11. The molecule has 21 heavy (non-hydrogen) atoms. The number of urea groups is 1. The first kappa shape index (κ1) is 17.5. The number of amides is 2. The summed E-state index contributed by atoms with van der Waals surface area (Å²) < 4.78 is 1.74. The molecule has 0 radical (unpaired) electrons. The van der Waals surface area contributed by atoms with E-state index in [1.54, 1.807) is 10.9 Å². The van der Waals surface area contributed by atoms with Crippen LogP contribution in [0.2, 0.25) is 0 Å². The third-order valence-electron chi connectivity index (χ3n) is 3.31. The molecule has 2 amide bonds. The molecule has 0 aliphatic rings. The third kappa shape index (κ3) is 6.14. The van der Waals surface area contributed by atoms with Crippen LogP contribution < -0.4 is 10.6 Å². The van der Waals surface area contributed by atoms with Gasteiger partial charge >= 0.3 is 6.03 Å². The number of hydrogen-bond acceptors (Lipinski definition) is 4. The summed E-state index contributed by atoms with van der Waals surface area (Å²) in [4.78, 5) is 13.8. The monoisotopic (exact) mass is 297 g/mol. The van der Waals surface area contributed by atoms with Gasteiger partial charge in [0, 0.05) is 31.9 Å². The zero-order valence-corrected chi connectivity index (χ0v) is 13.3. The van der Waals surface area contributed by atoms with Crippen LogP contribution in [0.1, 0.15) is 31.4 Å². The quantitative estimate of drug-likeness (QED) is 0.652. The molecule has 2 unspecified atom stereocenters. The zero-order valence-electron chi connectivity index (χ0n) is 13.3. The summed E-state index contributed by atoms with van der Waals surface area (Å²) in [6, 6.07) is -0.203. The summed E-state index contributed by atoms with van der Waals surface area (Å²) in [7, 11) is 5.79. The molecule has 0 aromatic carbocycles. The van der Waals surface area contributed by atoms with Crippen molar-refractivity contribution in [3.8, 4) is 0 Å². The Hall–Kier alpha value is -1.60. The Morgan fingerprint density at radius 2 is 2.10 bits per heavy atom. The predicted molar refractivity (Wildman–Crippen MR) is 82.0 cm³/mol. The molecule has 0 fully saturated rings. The van der Waals surface area contributed by atoms with E-state index in [9.17, 15) is 9.90 Å². The smallest absolute Gasteiger partial charge is 0.314 e. The summed E-state index contributed by atoms with van der Waals surface area (Å²) in [5, 5.41) is 19.2. The van der Waals surface area contributed by atoms with E-state index in [0.717, 1.165) is 12.0 Å². The van der Waals surface area contributed by atoms with E-state index in [4.69, 9.17) is 0 Å². The molecule has 0 saturated carbocycles. The van der Waals surface area contributed by atoms with E-state index in [0.29, 0.717) is 13.0 Å². The van der Waals surface area contributed by atoms with E-state index >= 15 is 0 Å². The molecule has 7 heteroatoms. The van der Waals surface area contributed by atoms with Crippen LogP contribution in [0.4, 0.5) is 4.79 Å². The molecular weight excluding hydrogens is 270 g/mol. The number of nitrogens with zero attached hydrogens (tertiary/aromatic N) is 3. The normalized spacial score (nSPS) is 14.0. The number of aliphatic hydroxyl groups is 1. The van der Waals surface area contributed by atoms with Crippen LogP contribution in [0.25, 0.3) is 0 Å². The van der Waals surface area contributed by atoms with Gasteiger partial charge in [-0.15, -0.1) is 0 Å². The lowest BCUT2D eigenvalue weighted by molar-refractivity contribution is 0.160. The minimum atomic E-state index is -0.483. The van der Waals surface area contributed by atoms with Crippen molar-refractivity contribution in [2.24, 2.45) is 7.05 Å². The number of nitrogens with one attached hydrogen (secondary N) is 2. The number of aliphatic hydroxyl groups excluding tert-OH is 1. The van der Waals surface area contributed by atoms with Crippen LogP contribution in [-0.2, 0) is 7.05 Å². The Balaban J connectivity index is 2.41. The van der Waals surface area contributed by atoms with Crippen LogP contribution in [0, 0.1) is 0 Å². The average Bonchev–Trinajstić information content (AvgIpc) is 2.83. The molecule has 0 bridgehead atoms. The van der Waals surface area contributed by atoms with E-state index in [1.807, 2.05) is 39.2 Å². The van der Waals surface area contributed by atoms with Gasteiger partial charge in [0.05, 0.1) is 18.3 Å². The maximum Gasteiger partial charge on any atom is 0.314 e. The molecule has 0 saturated heterocycles. The average molecular weight is 297 g/mol. The molecule has 120 valence electrons. The second kappa shape index (κ2) is 8.63. The summed E-state index contributed by atoms with van der Waals surface area (Å²) >= 11 is 0. The first-order chi connectivity index (χ1) is 9.93. The van der Waals surface area contributed by atoms with Gasteiger partial charge < -0.3 is 20.6 Å². The maximum atomic E-state index is 11.7. The summed E-state index contributed by atoms with van der Waals surface area (Å²) in [6.07, 6.45) is 4.85. The lowest BCUT2D eigenvalue weighted by atomic mass is 10.1. The van der Waals surface area contributed by atoms with Crippen LogP contribution in [0.15, 0.2) is 12.4 Å². The minimum Gasteiger partial charge on any atom is -0.391 e. The van der Waals surface area contributed by atoms with Crippen molar-refractivity contribution in [1.82, 2.24) is 25.3 Å². The Morgan fingerprint density at radius 1 is 1.43 bits per heavy atom. The first-order valence-electron chi connectivity index (χ1n) is 7.28. The fourth-order valence-electron chi connectivity index (χ4n) is 2.11. The number of likely N-dealkylation sites (N-methyl/N-ethyl adjacent to an activating group) is 1. The highest BCUT2D eigenvalue weighted by molar-refractivity contribution is 5.73. The van der Waals surface area contributed by atoms with Gasteiger partial charge in [-0.1, -0.05) is 13.3 Å². The molecule has 0 aliphatic carbocycles. The van der Waals surface area contributed by atoms with Gasteiger partial charge in [0.25, 0.3) is 0 Å². The standard InChI is InChI=1S/C14H27N5O2/c1-5-6-12(20)8-15-14(21)16-9-13(18(2)3)11-7-17-19(4)10-11/h7,10,12-13,20H,5-6,8-9H2,1-4H3,(H2,15,16,21). The van der Waals surface area contributed by atoms with Gasteiger partial charge in [0.2, 0.25) is 0 Å². The molecular formula is C14H27N5O2. The summed E-state index contributed by atoms with van der Waals surface area (Å²) in [5.41, 5.74) is 1.05. The zero-order chi connectivity index (χ0) is 15.8. The lowest BCUT2D eigenvalue weighted by Gasteiger charge is -2.23. The maximum absolute atomic E-state index is 11.7. The van der Waals surface area contributed by atoms with Crippen LogP contribution in [-0.4, -0.2) is 59.1 Å². The van der Waals surface area contributed by atoms with Crippen molar-refractivity contribution in [3.63, 3.8) is 0 Å². The van der Waals surface area contributed by atoms with Crippen LogP contribution in [0.5, 0.6) is 0 Å². The Kier molecular flexibility index (Phi) is 7.18. The highest BCUT2D eigenvalue weighted by Gasteiger charge is 2.17. The SMILES string of the molecule is CCCC(O)CNC(=O)NCC(c1cnn(C)c1)N(C)C. The summed E-state index contributed by atoms with van der Waals surface area (Å²) in [6.45, 7) is 2.76. The topological polar surface area (TPSA) is 82.4 Å². The van der Waals surface area contributed by atoms with Crippen LogP contribution in [0.3, 0.4) is 0 Å². The molecule has 1 heterocycles. The highest BCUT2D eigenvalue weighted by atomic mass is 16.3. The molecule has 1 rings (SSSR count). The third-order valence-corrected chi connectivity index (χ3v) is 3.31. The van der Waals surface area contributed by atoms with Crippen molar-refractivity contribution in [2.45, 2.75) is 31.9 Å². The van der Waals surface area contributed by atoms with E-state index < -0.39 is 6.10 Å². The number of carbonyl (C=O) groups is 1. The van der Waals surface area contributed by atoms with Crippen molar-refractivity contribution in [2.75, 3.05) is 27.2 Å². The highest BCUT2D eigenvalue weighted by Crippen LogP contribution is 2.15. The van der Waals surface area contributed by atoms with E-state index in [-0.39, 0.29) is 18.6 Å². The second-order valence-electron chi connectivity index (χ2n) is 5.46. The summed E-state index contributed by atoms with van der Waals surface area (Å²) in [5.74, 6) is 0. The van der Waals surface area contributed by atoms with Crippen molar-refractivity contribution >= 4 is 6.03 Å². The molecule has 2 atom stereocenters. The molecule has 1 aromatic heterocycles. The van der Waals surface area contributed by atoms with Crippen molar-refractivity contribution in [3.05, 3.63) is 18.0 Å². The minimum absolute atomic E-state index is 0.0602. The molecule has 0 aliphatic heterocycles. The Bertz CT molecular complexity index is 433.